The van der Waals surface area contributed by atoms with Gasteiger partial charge < -0.3 is 44.1 Å². The molecular formula is C14H20Na4O11S. The van der Waals surface area contributed by atoms with Crippen molar-refractivity contribution in [2.24, 2.45) is 17.8 Å². The van der Waals surface area contributed by atoms with Gasteiger partial charge in [-0.25, -0.2) is 8.42 Å². The zero-order chi connectivity index (χ0) is 20.5. The van der Waals surface area contributed by atoms with Crippen LogP contribution < -0.4 is 134 Å². The summed E-state index contributed by atoms with van der Waals surface area (Å²) in [5, 5.41) is 42.7. The molecule has 11 nitrogen and oxygen atoms in total. The molecule has 4 unspecified atom stereocenters. The molecule has 0 aliphatic heterocycles. The molecule has 0 saturated heterocycles. The average molecular weight is 488 g/mol. The van der Waals surface area contributed by atoms with E-state index in [1.807, 2.05) is 0 Å². The summed E-state index contributed by atoms with van der Waals surface area (Å²) in [4.78, 5) is 33.5. The van der Waals surface area contributed by atoms with E-state index in [0.717, 1.165) is 0 Å². The van der Waals surface area contributed by atoms with Crippen molar-refractivity contribution < 1.29 is 171 Å². The van der Waals surface area contributed by atoms with Crippen LogP contribution >= 0.6 is 0 Å². The molecule has 0 aromatic heterocycles. The number of rotatable bonds is 14. The van der Waals surface area contributed by atoms with Crippen LogP contribution in [0.3, 0.4) is 0 Å². The molecule has 0 rings (SSSR count). The minimum atomic E-state index is -4.63. The van der Waals surface area contributed by atoms with Crippen molar-refractivity contribution in [2.45, 2.75) is 32.3 Å². The summed E-state index contributed by atoms with van der Waals surface area (Å²) in [6, 6.07) is 0. The van der Waals surface area contributed by atoms with Gasteiger partial charge in [-0.05, 0) is 19.3 Å². The molecule has 152 valence electrons. The molecular weight excluding hydrogens is 468 g/mol. The maximum Gasteiger partial charge on any atom is 1.00 e. The molecule has 0 saturated carbocycles. The predicted octanol–water partition coefficient (Wildman–Crippen LogP) is -16.8. The molecule has 0 aromatic rings. The van der Waals surface area contributed by atoms with Crippen LogP contribution in [0.25, 0.3) is 0 Å². The molecule has 0 aliphatic carbocycles. The maximum absolute atomic E-state index is 11.2. The number of ether oxygens (including phenoxy) is 1. The molecule has 30 heavy (non-hydrogen) atoms. The van der Waals surface area contributed by atoms with E-state index in [-0.39, 0.29) is 144 Å². The molecule has 0 amide bonds. The summed E-state index contributed by atoms with van der Waals surface area (Å²) in [5.41, 5.74) is 0. The third-order valence-corrected chi connectivity index (χ3v) is 4.49. The fourth-order valence-corrected chi connectivity index (χ4v) is 3.10. The molecule has 16 heteroatoms. The summed E-state index contributed by atoms with van der Waals surface area (Å²) in [6.45, 7) is 0.664. The Labute approximate surface area is 264 Å². The number of hydrogen-bond acceptors (Lipinski definition) is 11. The number of carbonyl (C=O) groups excluding carboxylic acids is 3. The van der Waals surface area contributed by atoms with Crippen LogP contribution in [0.4, 0.5) is 0 Å². The van der Waals surface area contributed by atoms with E-state index in [4.69, 9.17) is 4.74 Å². The van der Waals surface area contributed by atoms with Crippen molar-refractivity contribution in [1.29, 1.82) is 0 Å². The fraction of sp³-hybridized carbons (Fsp3) is 0.786. The van der Waals surface area contributed by atoms with E-state index in [1.54, 1.807) is 0 Å². The zero-order valence-corrected chi connectivity index (χ0v) is 26.8. The molecule has 0 bridgehead atoms. The van der Waals surface area contributed by atoms with E-state index in [0.29, 0.717) is 0 Å². The van der Waals surface area contributed by atoms with Crippen molar-refractivity contribution in [2.75, 3.05) is 19.0 Å². The Hall–Kier alpha value is 2.24. The Kier molecular flexibility index (Phi) is 30.7. The molecule has 0 aromatic carbocycles. The van der Waals surface area contributed by atoms with Gasteiger partial charge in [0, 0.05) is 42.3 Å². The summed E-state index contributed by atoms with van der Waals surface area (Å²) >= 11 is 0. The Bertz CT molecular complexity index is 603. The largest absolute Gasteiger partial charge is 1.00 e. The number of aliphatic hydroxyl groups is 1. The van der Waals surface area contributed by atoms with E-state index in [9.17, 15) is 47.8 Å². The average Bonchev–Trinajstić information content (AvgIpc) is 2.46. The number of carboxylic acid groups (broad SMARTS) is 3. The number of aliphatic carboxylic acids is 3. The first-order valence-corrected chi connectivity index (χ1v) is 9.30. The molecule has 0 radical (unpaired) electrons. The Balaban J connectivity index is -0.000000521. The number of aliphatic hydroxyl groups excluding tert-OH is 1. The fourth-order valence-electron chi connectivity index (χ4n) is 2.53. The second-order valence-electron chi connectivity index (χ2n) is 5.70. The standard InChI is InChI=1S/C14H24O11S.4Na/c1-2-9(12(16)17)11(14(20)21)10(13(18)19)4-3-5-25-6-8(15)7-26(22,23)24;;;;/h8-11,15H,2-7H2,1H3,(H,16,17)(H,18,19)(H,20,21)(H,22,23,24);;;;/q;4*+1/p-4. The minimum Gasteiger partial charge on any atom is -0.748 e. The first kappa shape index (κ1) is 42.4. The maximum atomic E-state index is 11.2. The minimum absolute atomic E-state index is 0. The van der Waals surface area contributed by atoms with E-state index in [2.05, 4.69) is 0 Å². The molecule has 0 aliphatic rings. The van der Waals surface area contributed by atoms with E-state index in [1.165, 1.54) is 6.92 Å². The van der Waals surface area contributed by atoms with Gasteiger partial charge in [-0.3, -0.25) is 0 Å². The van der Waals surface area contributed by atoms with Crippen LogP contribution in [0.1, 0.15) is 26.2 Å². The molecule has 4 atom stereocenters. The van der Waals surface area contributed by atoms with Crippen LogP contribution in [0.15, 0.2) is 0 Å². The summed E-state index contributed by atoms with van der Waals surface area (Å²) in [7, 11) is -4.63. The summed E-state index contributed by atoms with van der Waals surface area (Å²) < 4.78 is 36.2. The number of hydrogen-bond donors (Lipinski definition) is 1. The second-order valence-corrected chi connectivity index (χ2v) is 7.15. The van der Waals surface area contributed by atoms with Gasteiger partial charge in [0.15, 0.2) is 0 Å². The van der Waals surface area contributed by atoms with E-state index >= 15 is 0 Å². The molecule has 0 spiro atoms. The quantitative estimate of drug-likeness (QED) is 0.138. The van der Waals surface area contributed by atoms with Crippen molar-refractivity contribution in [3.05, 3.63) is 0 Å². The van der Waals surface area contributed by atoms with Gasteiger partial charge in [0.1, 0.15) is 0 Å². The Morgan fingerprint density at radius 3 is 1.73 bits per heavy atom. The monoisotopic (exact) mass is 488 g/mol. The van der Waals surface area contributed by atoms with Crippen LogP contribution in [0.5, 0.6) is 0 Å². The van der Waals surface area contributed by atoms with Crippen molar-refractivity contribution in [3.63, 3.8) is 0 Å². The van der Waals surface area contributed by atoms with Crippen LogP contribution in [-0.2, 0) is 29.2 Å². The number of carbonyl (C=O) groups is 3. The van der Waals surface area contributed by atoms with Gasteiger partial charge >= 0.3 is 118 Å². The SMILES string of the molecule is CCC(C(=O)[O-])C(C(=O)[O-])C(CCCOCC(O)CS(=O)(=O)[O-])C(=O)[O-].[Na+].[Na+].[Na+].[Na+]. The normalized spacial score (nSPS) is 14.2. The smallest absolute Gasteiger partial charge is 0.748 e. The molecule has 0 heterocycles. The summed E-state index contributed by atoms with van der Waals surface area (Å²) in [5.74, 6) is -11.5. The molecule has 0 fully saturated rings. The van der Waals surface area contributed by atoms with Crippen molar-refractivity contribution in [3.8, 4) is 0 Å². The van der Waals surface area contributed by atoms with Gasteiger partial charge in [-0.2, -0.15) is 0 Å². The van der Waals surface area contributed by atoms with Crippen molar-refractivity contribution in [1.82, 2.24) is 0 Å². The van der Waals surface area contributed by atoms with Crippen LogP contribution in [0, 0.1) is 17.8 Å². The Morgan fingerprint density at radius 2 is 1.40 bits per heavy atom. The topological polar surface area (TPSA) is 207 Å². The Morgan fingerprint density at radius 1 is 0.933 bits per heavy atom. The van der Waals surface area contributed by atoms with Crippen molar-refractivity contribution >= 4 is 28.0 Å². The van der Waals surface area contributed by atoms with Gasteiger partial charge in [0.2, 0.25) is 0 Å². The molecule has 1 N–H and O–H groups in total. The summed E-state index contributed by atoms with van der Waals surface area (Å²) in [6.07, 6.45) is -2.12. The van der Waals surface area contributed by atoms with Gasteiger partial charge in [0.25, 0.3) is 0 Å². The first-order valence-electron chi connectivity index (χ1n) is 7.72. The zero-order valence-electron chi connectivity index (χ0n) is 18.0. The van der Waals surface area contributed by atoms with Gasteiger partial charge in [-0.1, -0.05) is 6.92 Å². The van der Waals surface area contributed by atoms with Gasteiger partial charge in [0.05, 0.1) is 28.6 Å². The second kappa shape index (κ2) is 21.8. The predicted molar refractivity (Wildman–Crippen MR) is 76.4 cm³/mol. The van der Waals surface area contributed by atoms with Crippen LogP contribution in [0.2, 0.25) is 0 Å². The van der Waals surface area contributed by atoms with Gasteiger partial charge in [-0.15, -0.1) is 0 Å². The van der Waals surface area contributed by atoms with E-state index < -0.39 is 64.2 Å². The van der Waals surface area contributed by atoms with Crippen LogP contribution in [-0.4, -0.2) is 61.1 Å². The number of carboxylic acids is 3. The third kappa shape index (κ3) is 18.6. The third-order valence-electron chi connectivity index (χ3n) is 3.70. The first-order chi connectivity index (χ1) is 11.9.